The second-order valence-electron chi connectivity index (χ2n) is 4.13. The van der Waals surface area contributed by atoms with Crippen LogP contribution in [0.1, 0.15) is 10.4 Å². The molecule has 0 bridgehead atoms. The van der Waals surface area contributed by atoms with E-state index in [9.17, 15) is 4.79 Å². The maximum atomic E-state index is 11.8. The van der Waals surface area contributed by atoms with E-state index >= 15 is 0 Å². The molecule has 0 aliphatic carbocycles. The molecule has 0 aliphatic rings. The van der Waals surface area contributed by atoms with Gasteiger partial charge in [0.2, 0.25) is 11.0 Å². The average molecular weight is 340 g/mol. The summed E-state index contributed by atoms with van der Waals surface area (Å²) >= 11 is 4.49. The SMILES string of the molecule is C=CCNc1nnc(SCC(=O)NCc2sccc2C)s1. The van der Waals surface area contributed by atoms with Gasteiger partial charge in [0.25, 0.3) is 0 Å². The zero-order valence-electron chi connectivity index (χ0n) is 11.6. The molecule has 1 amide bonds. The van der Waals surface area contributed by atoms with E-state index in [0.29, 0.717) is 18.8 Å². The van der Waals surface area contributed by atoms with Crippen molar-refractivity contribution in [2.75, 3.05) is 17.6 Å². The van der Waals surface area contributed by atoms with Gasteiger partial charge < -0.3 is 10.6 Å². The maximum absolute atomic E-state index is 11.8. The van der Waals surface area contributed by atoms with Crippen LogP contribution in [0.2, 0.25) is 0 Å². The molecule has 0 unspecified atom stereocenters. The highest BCUT2D eigenvalue weighted by Gasteiger charge is 2.08. The van der Waals surface area contributed by atoms with Gasteiger partial charge in [-0.1, -0.05) is 29.2 Å². The number of rotatable bonds is 8. The molecule has 0 spiro atoms. The second kappa shape index (κ2) is 8.16. The molecule has 5 nitrogen and oxygen atoms in total. The topological polar surface area (TPSA) is 66.9 Å². The summed E-state index contributed by atoms with van der Waals surface area (Å²) in [4.78, 5) is 13.0. The number of hydrogen-bond acceptors (Lipinski definition) is 7. The number of anilines is 1. The van der Waals surface area contributed by atoms with Crippen LogP contribution in [-0.4, -0.2) is 28.4 Å². The molecule has 112 valence electrons. The Labute approximate surface area is 135 Å². The van der Waals surface area contributed by atoms with Gasteiger partial charge in [0.05, 0.1) is 12.3 Å². The molecule has 0 fully saturated rings. The van der Waals surface area contributed by atoms with Crippen LogP contribution in [-0.2, 0) is 11.3 Å². The Morgan fingerprint density at radius 1 is 1.52 bits per heavy atom. The van der Waals surface area contributed by atoms with Crippen molar-refractivity contribution in [3.63, 3.8) is 0 Å². The highest BCUT2D eigenvalue weighted by atomic mass is 32.2. The number of aromatic nitrogens is 2. The first kappa shape index (κ1) is 16.0. The van der Waals surface area contributed by atoms with Gasteiger partial charge >= 0.3 is 0 Å². The second-order valence-corrected chi connectivity index (χ2v) is 7.34. The smallest absolute Gasteiger partial charge is 0.230 e. The third-order valence-electron chi connectivity index (χ3n) is 2.55. The van der Waals surface area contributed by atoms with Crippen LogP contribution in [0.4, 0.5) is 5.13 Å². The van der Waals surface area contributed by atoms with Crippen molar-refractivity contribution < 1.29 is 4.79 Å². The summed E-state index contributed by atoms with van der Waals surface area (Å²) in [5.41, 5.74) is 1.22. The van der Waals surface area contributed by atoms with Gasteiger partial charge in [-0.15, -0.1) is 28.1 Å². The number of carbonyl (C=O) groups excluding carboxylic acids is 1. The molecule has 2 aromatic rings. The Kier molecular flexibility index (Phi) is 6.21. The minimum Gasteiger partial charge on any atom is -0.357 e. The highest BCUT2D eigenvalue weighted by molar-refractivity contribution is 8.01. The van der Waals surface area contributed by atoms with Crippen molar-refractivity contribution >= 4 is 45.5 Å². The predicted octanol–water partition coefficient (Wildman–Crippen LogP) is 2.91. The van der Waals surface area contributed by atoms with E-state index in [2.05, 4.69) is 33.5 Å². The lowest BCUT2D eigenvalue weighted by Crippen LogP contribution is -2.24. The molecule has 8 heteroatoms. The number of aryl methyl sites for hydroxylation is 1. The Morgan fingerprint density at radius 3 is 3.10 bits per heavy atom. The van der Waals surface area contributed by atoms with E-state index in [4.69, 9.17) is 0 Å². The van der Waals surface area contributed by atoms with Crippen LogP contribution in [0.3, 0.4) is 0 Å². The molecule has 0 saturated heterocycles. The monoisotopic (exact) mass is 340 g/mol. The first-order valence-electron chi connectivity index (χ1n) is 6.29. The first-order valence-corrected chi connectivity index (χ1v) is 8.98. The fourth-order valence-electron chi connectivity index (χ4n) is 1.44. The normalized spacial score (nSPS) is 10.3. The third-order valence-corrected chi connectivity index (χ3v) is 5.58. The van der Waals surface area contributed by atoms with E-state index in [-0.39, 0.29) is 5.91 Å². The van der Waals surface area contributed by atoms with Gasteiger partial charge in [-0.05, 0) is 23.9 Å². The van der Waals surface area contributed by atoms with Crippen molar-refractivity contribution in [3.8, 4) is 0 Å². The molecule has 2 heterocycles. The molecule has 0 aliphatic heterocycles. The molecule has 2 aromatic heterocycles. The number of nitrogens with zero attached hydrogens (tertiary/aromatic N) is 2. The van der Waals surface area contributed by atoms with Crippen LogP contribution >= 0.6 is 34.4 Å². The van der Waals surface area contributed by atoms with E-state index in [1.807, 2.05) is 12.3 Å². The molecule has 0 radical (unpaired) electrons. The van der Waals surface area contributed by atoms with Gasteiger partial charge in [0, 0.05) is 11.4 Å². The fraction of sp³-hybridized carbons (Fsp3) is 0.308. The molecule has 2 N–H and O–H groups in total. The Morgan fingerprint density at radius 2 is 2.38 bits per heavy atom. The van der Waals surface area contributed by atoms with E-state index in [1.165, 1.54) is 33.5 Å². The molecule has 21 heavy (non-hydrogen) atoms. The zero-order valence-corrected chi connectivity index (χ0v) is 14.0. The number of thiophene rings is 1. The van der Waals surface area contributed by atoms with Gasteiger partial charge in [0.1, 0.15) is 0 Å². The van der Waals surface area contributed by atoms with E-state index in [0.717, 1.165) is 9.47 Å². The standard InChI is InChI=1S/C13H16N4OS3/c1-3-5-14-12-16-17-13(21-12)20-8-11(18)15-7-10-9(2)4-6-19-10/h3-4,6H,1,5,7-8H2,2H3,(H,14,16)(H,15,18). The number of nitrogens with one attached hydrogen (secondary N) is 2. The quantitative estimate of drug-likeness (QED) is 0.571. The summed E-state index contributed by atoms with van der Waals surface area (Å²) in [6, 6.07) is 2.06. The van der Waals surface area contributed by atoms with E-state index < -0.39 is 0 Å². The van der Waals surface area contributed by atoms with Crippen LogP contribution in [0.25, 0.3) is 0 Å². The highest BCUT2D eigenvalue weighted by Crippen LogP contribution is 2.25. The van der Waals surface area contributed by atoms with Gasteiger partial charge in [0.15, 0.2) is 4.34 Å². The van der Waals surface area contributed by atoms with Gasteiger partial charge in [-0.25, -0.2) is 0 Å². The molecule has 2 rings (SSSR count). The number of hydrogen-bond donors (Lipinski definition) is 2. The van der Waals surface area contributed by atoms with Crippen LogP contribution < -0.4 is 10.6 Å². The summed E-state index contributed by atoms with van der Waals surface area (Å²) in [7, 11) is 0. The molecule has 0 atom stereocenters. The minimum atomic E-state index is 0.00333. The molecule has 0 aromatic carbocycles. The lowest BCUT2D eigenvalue weighted by molar-refractivity contribution is -0.118. The largest absolute Gasteiger partial charge is 0.357 e. The Hall–Kier alpha value is -1.38. The molecular weight excluding hydrogens is 324 g/mol. The molecule has 0 saturated carbocycles. The Bertz CT molecular complexity index is 608. The van der Waals surface area contributed by atoms with Crippen molar-refractivity contribution in [2.45, 2.75) is 17.8 Å². The lowest BCUT2D eigenvalue weighted by atomic mass is 10.3. The summed E-state index contributed by atoms with van der Waals surface area (Å²) in [6.07, 6.45) is 1.76. The lowest BCUT2D eigenvalue weighted by Gasteiger charge is -2.03. The van der Waals surface area contributed by atoms with Crippen LogP contribution in [0, 0.1) is 6.92 Å². The molecular formula is C13H16N4OS3. The third kappa shape index (κ3) is 5.14. The maximum Gasteiger partial charge on any atom is 0.230 e. The predicted molar refractivity (Wildman–Crippen MR) is 90.2 cm³/mol. The fourth-order valence-corrected chi connectivity index (χ4v) is 3.88. The van der Waals surface area contributed by atoms with Crippen molar-refractivity contribution in [2.24, 2.45) is 0 Å². The first-order chi connectivity index (χ1) is 10.2. The summed E-state index contributed by atoms with van der Waals surface area (Å²) in [5.74, 6) is 0.351. The number of amides is 1. The van der Waals surface area contributed by atoms with Crippen LogP contribution in [0.15, 0.2) is 28.4 Å². The Balaban J connectivity index is 1.72. The van der Waals surface area contributed by atoms with Gasteiger partial charge in [-0.2, -0.15) is 0 Å². The minimum absolute atomic E-state index is 0.00333. The average Bonchev–Trinajstić information content (AvgIpc) is 3.09. The number of carbonyl (C=O) groups is 1. The number of thioether (sulfide) groups is 1. The summed E-state index contributed by atoms with van der Waals surface area (Å²) < 4.78 is 0.781. The van der Waals surface area contributed by atoms with Gasteiger partial charge in [-0.3, -0.25) is 4.79 Å². The zero-order chi connectivity index (χ0) is 15.1. The summed E-state index contributed by atoms with van der Waals surface area (Å²) in [6.45, 7) is 6.91. The van der Waals surface area contributed by atoms with Crippen molar-refractivity contribution in [1.82, 2.24) is 15.5 Å². The summed E-state index contributed by atoms with van der Waals surface area (Å²) in [5, 5.41) is 16.8. The van der Waals surface area contributed by atoms with Crippen molar-refractivity contribution in [3.05, 3.63) is 34.5 Å². The van der Waals surface area contributed by atoms with Crippen molar-refractivity contribution in [1.29, 1.82) is 0 Å². The van der Waals surface area contributed by atoms with E-state index in [1.54, 1.807) is 17.4 Å². The van der Waals surface area contributed by atoms with Crippen LogP contribution in [0.5, 0.6) is 0 Å².